The third-order valence-electron chi connectivity index (χ3n) is 3.70. The van der Waals surface area contributed by atoms with Crippen LogP contribution in [0.3, 0.4) is 0 Å². The summed E-state index contributed by atoms with van der Waals surface area (Å²) in [7, 11) is 0. The summed E-state index contributed by atoms with van der Waals surface area (Å²) in [6, 6.07) is 0. The van der Waals surface area contributed by atoms with Crippen LogP contribution in [0.25, 0.3) is 0 Å². The van der Waals surface area contributed by atoms with Gasteiger partial charge in [0.25, 0.3) is 0 Å². The Bertz CT molecular complexity index is 173. The Balaban J connectivity index is 1.92. The summed E-state index contributed by atoms with van der Waals surface area (Å²) >= 11 is 2.45. The summed E-state index contributed by atoms with van der Waals surface area (Å²) in [6.07, 6.45) is 8.60. The van der Waals surface area contributed by atoms with Crippen molar-refractivity contribution in [2.45, 2.75) is 57.2 Å². The van der Waals surface area contributed by atoms with E-state index < -0.39 is 0 Å². The second-order valence-corrected chi connectivity index (χ2v) is 5.68. The zero-order valence-electron chi connectivity index (χ0n) is 8.39. The van der Waals surface area contributed by atoms with Crippen LogP contribution in [0.4, 0.5) is 0 Å². The lowest BCUT2D eigenvalue weighted by Gasteiger charge is -2.36. The van der Waals surface area contributed by atoms with Gasteiger partial charge in [-0.25, -0.2) is 0 Å². The highest BCUT2D eigenvalue weighted by Crippen LogP contribution is 2.43. The van der Waals surface area contributed by atoms with Crippen LogP contribution in [0.5, 0.6) is 0 Å². The van der Waals surface area contributed by atoms with Crippen LogP contribution in [0, 0.1) is 5.92 Å². The summed E-state index contributed by atoms with van der Waals surface area (Å²) in [5.74, 6) is 0.938. The molecular weight excluding hydrogens is 275 g/mol. The minimum atomic E-state index is 0.322. The molecule has 1 saturated heterocycles. The fourth-order valence-electron chi connectivity index (χ4n) is 2.66. The molecule has 2 rings (SSSR count). The van der Waals surface area contributed by atoms with E-state index in [1.165, 1.54) is 43.0 Å². The maximum Gasteiger partial charge on any atom is 0.0687 e. The Hall–Kier alpha value is 0.690. The summed E-state index contributed by atoms with van der Waals surface area (Å²) in [5.41, 5.74) is 0.322. The Morgan fingerprint density at radius 2 is 1.85 bits per heavy atom. The number of alkyl halides is 1. The number of hydrogen-bond acceptors (Lipinski definition) is 1. The number of ether oxygens (including phenoxy) is 1. The van der Waals surface area contributed by atoms with Crippen molar-refractivity contribution in [2.75, 3.05) is 4.43 Å². The molecule has 0 bridgehead atoms. The van der Waals surface area contributed by atoms with Gasteiger partial charge in [-0.2, -0.15) is 0 Å². The minimum Gasteiger partial charge on any atom is -0.371 e. The van der Waals surface area contributed by atoms with Crippen molar-refractivity contribution in [1.29, 1.82) is 0 Å². The van der Waals surface area contributed by atoms with Gasteiger partial charge in [-0.1, -0.05) is 29.5 Å². The van der Waals surface area contributed by atoms with Crippen LogP contribution < -0.4 is 0 Å². The maximum atomic E-state index is 6.18. The maximum absolute atomic E-state index is 6.18. The molecule has 1 heterocycles. The van der Waals surface area contributed by atoms with E-state index in [4.69, 9.17) is 4.74 Å². The lowest BCUT2D eigenvalue weighted by atomic mass is 9.78. The molecule has 76 valence electrons. The van der Waals surface area contributed by atoms with Gasteiger partial charge in [-0.3, -0.25) is 0 Å². The third kappa shape index (κ3) is 2.20. The molecule has 1 nitrogen and oxygen atoms in total. The molecule has 1 atom stereocenters. The smallest absolute Gasteiger partial charge is 0.0687 e. The fourth-order valence-corrected chi connectivity index (χ4v) is 3.28. The Labute approximate surface area is 94.8 Å². The van der Waals surface area contributed by atoms with E-state index in [0.29, 0.717) is 11.7 Å². The second kappa shape index (κ2) is 4.05. The Morgan fingerprint density at radius 1 is 1.23 bits per heavy atom. The molecule has 0 amide bonds. The van der Waals surface area contributed by atoms with Gasteiger partial charge in [0.2, 0.25) is 0 Å². The second-order valence-electron chi connectivity index (χ2n) is 4.80. The minimum absolute atomic E-state index is 0.322. The van der Waals surface area contributed by atoms with Crippen molar-refractivity contribution in [3.63, 3.8) is 0 Å². The molecule has 2 aliphatic rings. The van der Waals surface area contributed by atoms with Gasteiger partial charge in [0.1, 0.15) is 0 Å². The lowest BCUT2D eigenvalue weighted by molar-refractivity contribution is -0.0616. The topological polar surface area (TPSA) is 9.23 Å². The molecule has 1 aliphatic heterocycles. The molecule has 1 unspecified atom stereocenters. The fraction of sp³-hybridized carbons (Fsp3) is 1.00. The SMILES string of the molecule is CC1CCC2(CC1)CCC(CI)O2. The van der Waals surface area contributed by atoms with Gasteiger partial charge in [-0.15, -0.1) is 0 Å². The normalized spacial score (nSPS) is 45.7. The Kier molecular flexibility index (Phi) is 3.18. The average Bonchev–Trinajstić information content (AvgIpc) is 2.55. The molecule has 2 heteroatoms. The predicted molar refractivity (Wildman–Crippen MR) is 63.4 cm³/mol. The highest BCUT2D eigenvalue weighted by atomic mass is 127. The molecule has 0 aromatic heterocycles. The first-order valence-electron chi connectivity index (χ1n) is 5.48. The van der Waals surface area contributed by atoms with Crippen LogP contribution in [0.15, 0.2) is 0 Å². The van der Waals surface area contributed by atoms with Crippen LogP contribution >= 0.6 is 22.6 Å². The first-order chi connectivity index (χ1) is 6.24. The molecule has 0 radical (unpaired) electrons. The highest BCUT2D eigenvalue weighted by molar-refractivity contribution is 14.1. The zero-order chi connectivity index (χ0) is 9.31. The lowest BCUT2D eigenvalue weighted by Crippen LogP contribution is -2.34. The summed E-state index contributed by atoms with van der Waals surface area (Å²) in [6.45, 7) is 2.37. The van der Waals surface area contributed by atoms with E-state index in [9.17, 15) is 0 Å². The van der Waals surface area contributed by atoms with Crippen molar-refractivity contribution in [3.8, 4) is 0 Å². The molecule has 1 aliphatic carbocycles. The zero-order valence-corrected chi connectivity index (χ0v) is 10.5. The van der Waals surface area contributed by atoms with Crippen LogP contribution in [-0.2, 0) is 4.74 Å². The van der Waals surface area contributed by atoms with Gasteiger partial charge in [0.05, 0.1) is 11.7 Å². The van der Waals surface area contributed by atoms with Gasteiger partial charge >= 0.3 is 0 Å². The molecule has 0 aromatic rings. The molecule has 0 N–H and O–H groups in total. The van der Waals surface area contributed by atoms with E-state index in [1.807, 2.05) is 0 Å². The highest BCUT2D eigenvalue weighted by Gasteiger charge is 2.41. The van der Waals surface area contributed by atoms with E-state index in [0.717, 1.165) is 5.92 Å². The van der Waals surface area contributed by atoms with Crippen LogP contribution in [0.1, 0.15) is 45.4 Å². The quantitative estimate of drug-likeness (QED) is 0.531. The van der Waals surface area contributed by atoms with Gasteiger partial charge in [0, 0.05) is 4.43 Å². The van der Waals surface area contributed by atoms with E-state index in [-0.39, 0.29) is 0 Å². The molecular formula is C11H19IO. The first-order valence-corrected chi connectivity index (χ1v) is 7.00. The monoisotopic (exact) mass is 294 g/mol. The van der Waals surface area contributed by atoms with E-state index in [2.05, 4.69) is 29.5 Å². The van der Waals surface area contributed by atoms with Crippen molar-refractivity contribution in [2.24, 2.45) is 5.92 Å². The predicted octanol–water partition coefficient (Wildman–Crippen LogP) is 3.55. The van der Waals surface area contributed by atoms with Crippen molar-refractivity contribution >= 4 is 22.6 Å². The van der Waals surface area contributed by atoms with E-state index in [1.54, 1.807) is 0 Å². The van der Waals surface area contributed by atoms with E-state index >= 15 is 0 Å². The van der Waals surface area contributed by atoms with Crippen molar-refractivity contribution in [3.05, 3.63) is 0 Å². The Morgan fingerprint density at radius 3 is 2.38 bits per heavy atom. The molecule has 2 fully saturated rings. The van der Waals surface area contributed by atoms with Crippen LogP contribution in [-0.4, -0.2) is 16.1 Å². The summed E-state index contributed by atoms with van der Waals surface area (Å²) in [5, 5.41) is 0. The van der Waals surface area contributed by atoms with Crippen molar-refractivity contribution < 1.29 is 4.74 Å². The van der Waals surface area contributed by atoms with Gasteiger partial charge in [-0.05, 0) is 44.4 Å². The van der Waals surface area contributed by atoms with Crippen molar-refractivity contribution in [1.82, 2.24) is 0 Å². The molecule has 1 spiro atoms. The van der Waals surface area contributed by atoms with Crippen LogP contribution in [0.2, 0.25) is 0 Å². The molecule has 1 saturated carbocycles. The number of hydrogen-bond donors (Lipinski definition) is 0. The molecule has 0 aromatic carbocycles. The largest absolute Gasteiger partial charge is 0.371 e. The first kappa shape index (κ1) is 10.2. The molecule has 13 heavy (non-hydrogen) atoms. The third-order valence-corrected chi connectivity index (χ3v) is 4.68. The number of halogens is 1. The average molecular weight is 294 g/mol. The number of rotatable bonds is 1. The summed E-state index contributed by atoms with van der Waals surface area (Å²) < 4.78 is 7.36. The standard InChI is InChI=1S/C11H19IO/c1-9-2-5-11(6-3-9)7-4-10(8-12)13-11/h9-10H,2-8H2,1H3. The van der Waals surface area contributed by atoms with Gasteiger partial charge < -0.3 is 4.74 Å². The van der Waals surface area contributed by atoms with Gasteiger partial charge in [0.15, 0.2) is 0 Å². The summed E-state index contributed by atoms with van der Waals surface area (Å²) in [4.78, 5) is 0.